The summed E-state index contributed by atoms with van der Waals surface area (Å²) in [6.45, 7) is 0.395. The number of hydrogen-bond acceptors (Lipinski definition) is 3. The SMILES string of the molecule is O=C(CSCc1ccc(F)cc1Br)NCc1ccco1. The fraction of sp³-hybridized carbons (Fsp3) is 0.214. The van der Waals surface area contributed by atoms with Crippen LogP contribution in [0.1, 0.15) is 11.3 Å². The molecular weight excluding hydrogens is 345 g/mol. The third-order valence-corrected chi connectivity index (χ3v) is 4.27. The number of thioether (sulfide) groups is 1. The van der Waals surface area contributed by atoms with Gasteiger partial charge in [-0.3, -0.25) is 4.79 Å². The van der Waals surface area contributed by atoms with Crippen molar-refractivity contribution in [3.8, 4) is 0 Å². The number of benzene rings is 1. The molecule has 1 aromatic carbocycles. The molecule has 0 radical (unpaired) electrons. The fourth-order valence-corrected chi connectivity index (χ4v) is 3.08. The summed E-state index contributed by atoms with van der Waals surface area (Å²) in [6, 6.07) is 8.14. The largest absolute Gasteiger partial charge is 0.467 e. The molecule has 0 spiro atoms. The van der Waals surface area contributed by atoms with E-state index in [9.17, 15) is 9.18 Å². The van der Waals surface area contributed by atoms with Gasteiger partial charge in [0.1, 0.15) is 11.6 Å². The van der Waals surface area contributed by atoms with Crippen LogP contribution in [0.5, 0.6) is 0 Å². The van der Waals surface area contributed by atoms with Gasteiger partial charge < -0.3 is 9.73 Å². The Hall–Kier alpha value is -1.27. The Morgan fingerprint density at radius 2 is 2.25 bits per heavy atom. The van der Waals surface area contributed by atoms with Crippen LogP contribution in [-0.2, 0) is 17.1 Å². The molecule has 1 amide bonds. The van der Waals surface area contributed by atoms with Gasteiger partial charge in [-0.1, -0.05) is 22.0 Å². The molecule has 0 bridgehead atoms. The van der Waals surface area contributed by atoms with Crippen molar-refractivity contribution in [2.75, 3.05) is 5.75 Å². The highest BCUT2D eigenvalue weighted by molar-refractivity contribution is 9.10. The van der Waals surface area contributed by atoms with E-state index in [0.717, 1.165) is 15.8 Å². The fourth-order valence-electron chi connectivity index (χ4n) is 1.54. The van der Waals surface area contributed by atoms with Crippen molar-refractivity contribution in [3.63, 3.8) is 0 Å². The predicted octanol–water partition coefficient (Wildman–Crippen LogP) is 3.73. The molecular formula is C14H13BrFNO2S. The Kier molecular flexibility index (Phi) is 5.67. The normalized spacial score (nSPS) is 10.5. The van der Waals surface area contributed by atoms with Crippen LogP contribution in [0.15, 0.2) is 45.5 Å². The van der Waals surface area contributed by atoms with Gasteiger partial charge in [-0.2, -0.15) is 0 Å². The summed E-state index contributed by atoms with van der Waals surface area (Å²) in [5.41, 5.74) is 0.968. The summed E-state index contributed by atoms with van der Waals surface area (Å²) in [4.78, 5) is 11.6. The van der Waals surface area contributed by atoms with Crippen LogP contribution in [0, 0.1) is 5.82 Å². The maximum absolute atomic E-state index is 12.9. The molecule has 0 fully saturated rings. The van der Waals surface area contributed by atoms with Crippen molar-refractivity contribution in [3.05, 3.63) is 58.2 Å². The summed E-state index contributed by atoms with van der Waals surface area (Å²) >= 11 is 4.78. The maximum atomic E-state index is 12.9. The summed E-state index contributed by atoms with van der Waals surface area (Å²) in [6.07, 6.45) is 1.57. The van der Waals surface area contributed by atoms with E-state index in [0.29, 0.717) is 18.1 Å². The zero-order valence-corrected chi connectivity index (χ0v) is 13.0. The van der Waals surface area contributed by atoms with E-state index in [-0.39, 0.29) is 11.7 Å². The first-order chi connectivity index (χ1) is 9.65. The van der Waals surface area contributed by atoms with E-state index in [4.69, 9.17) is 4.42 Å². The monoisotopic (exact) mass is 357 g/mol. The van der Waals surface area contributed by atoms with E-state index in [1.807, 2.05) is 6.07 Å². The van der Waals surface area contributed by atoms with E-state index in [1.165, 1.54) is 23.9 Å². The zero-order valence-electron chi connectivity index (χ0n) is 10.6. The molecule has 1 N–H and O–H groups in total. The lowest BCUT2D eigenvalue weighted by atomic mass is 10.2. The van der Waals surface area contributed by atoms with Crippen LogP contribution in [0.25, 0.3) is 0 Å². The number of carbonyl (C=O) groups is 1. The lowest BCUT2D eigenvalue weighted by molar-refractivity contribution is -0.118. The van der Waals surface area contributed by atoms with Gasteiger partial charge in [0.2, 0.25) is 5.91 Å². The number of halogens is 2. The van der Waals surface area contributed by atoms with Gasteiger partial charge in [0.15, 0.2) is 0 Å². The molecule has 2 rings (SSSR count). The molecule has 0 saturated carbocycles. The number of nitrogens with one attached hydrogen (secondary N) is 1. The van der Waals surface area contributed by atoms with Gasteiger partial charge >= 0.3 is 0 Å². The molecule has 0 aliphatic carbocycles. The van der Waals surface area contributed by atoms with Crippen LogP contribution in [0.4, 0.5) is 4.39 Å². The summed E-state index contributed by atoms with van der Waals surface area (Å²) in [5.74, 6) is 1.40. The van der Waals surface area contributed by atoms with Crippen molar-refractivity contribution in [2.24, 2.45) is 0 Å². The third-order valence-electron chi connectivity index (χ3n) is 2.55. The van der Waals surface area contributed by atoms with Crippen LogP contribution in [-0.4, -0.2) is 11.7 Å². The Morgan fingerprint density at radius 1 is 1.40 bits per heavy atom. The number of amides is 1. The van der Waals surface area contributed by atoms with Gasteiger partial charge in [-0.05, 0) is 29.8 Å². The Balaban J connectivity index is 1.71. The smallest absolute Gasteiger partial charge is 0.230 e. The number of carbonyl (C=O) groups excluding carboxylic acids is 1. The second-order valence-corrected chi connectivity index (χ2v) is 5.92. The van der Waals surface area contributed by atoms with E-state index >= 15 is 0 Å². The minimum atomic E-state index is -0.276. The van der Waals surface area contributed by atoms with Crippen molar-refractivity contribution in [1.29, 1.82) is 0 Å². The minimum Gasteiger partial charge on any atom is -0.467 e. The van der Waals surface area contributed by atoms with Crippen molar-refractivity contribution in [1.82, 2.24) is 5.32 Å². The van der Waals surface area contributed by atoms with E-state index < -0.39 is 0 Å². The number of hydrogen-bond donors (Lipinski definition) is 1. The van der Waals surface area contributed by atoms with E-state index in [1.54, 1.807) is 18.4 Å². The Labute approximate surface area is 129 Å². The maximum Gasteiger partial charge on any atom is 0.230 e. The predicted molar refractivity (Wildman–Crippen MR) is 80.8 cm³/mol. The van der Waals surface area contributed by atoms with Crippen LogP contribution >= 0.6 is 27.7 Å². The molecule has 3 nitrogen and oxygen atoms in total. The topological polar surface area (TPSA) is 42.2 Å². The van der Waals surface area contributed by atoms with Crippen molar-refractivity contribution >= 4 is 33.6 Å². The summed E-state index contributed by atoms with van der Waals surface area (Å²) < 4.78 is 18.8. The Morgan fingerprint density at radius 3 is 2.95 bits per heavy atom. The molecule has 0 aliphatic rings. The highest BCUT2D eigenvalue weighted by Gasteiger charge is 2.05. The van der Waals surface area contributed by atoms with E-state index in [2.05, 4.69) is 21.2 Å². The van der Waals surface area contributed by atoms with Gasteiger partial charge in [-0.15, -0.1) is 11.8 Å². The Bertz CT molecular complexity index is 575. The minimum absolute atomic E-state index is 0.0513. The first-order valence-corrected chi connectivity index (χ1v) is 7.90. The van der Waals surface area contributed by atoms with Crippen molar-refractivity contribution < 1.29 is 13.6 Å². The zero-order chi connectivity index (χ0) is 14.4. The standard InChI is InChI=1S/C14H13BrFNO2S/c15-13-6-11(16)4-3-10(13)8-20-9-14(18)17-7-12-2-1-5-19-12/h1-6H,7-9H2,(H,17,18). The van der Waals surface area contributed by atoms with Crippen LogP contribution < -0.4 is 5.32 Å². The molecule has 0 aliphatic heterocycles. The lowest BCUT2D eigenvalue weighted by Crippen LogP contribution is -2.24. The van der Waals surface area contributed by atoms with Crippen LogP contribution in [0.2, 0.25) is 0 Å². The summed E-state index contributed by atoms with van der Waals surface area (Å²) in [7, 11) is 0. The lowest BCUT2D eigenvalue weighted by Gasteiger charge is -2.05. The molecule has 20 heavy (non-hydrogen) atoms. The van der Waals surface area contributed by atoms with Gasteiger partial charge in [0.25, 0.3) is 0 Å². The first kappa shape index (κ1) is 15.1. The number of furan rings is 1. The first-order valence-electron chi connectivity index (χ1n) is 5.96. The second-order valence-electron chi connectivity index (χ2n) is 4.08. The molecule has 1 aromatic heterocycles. The van der Waals surface area contributed by atoms with Crippen LogP contribution in [0.3, 0.4) is 0 Å². The van der Waals surface area contributed by atoms with Crippen molar-refractivity contribution in [2.45, 2.75) is 12.3 Å². The molecule has 1 heterocycles. The molecule has 0 atom stereocenters. The van der Waals surface area contributed by atoms with Gasteiger partial charge in [0.05, 0.1) is 18.6 Å². The number of rotatable bonds is 6. The highest BCUT2D eigenvalue weighted by Crippen LogP contribution is 2.22. The summed E-state index contributed by atoms with van der Waals surface area (Å²) in [5, 5.41) is 2.77. The molecule has 0 unspecified atom stereocenters. The third kappa shape index (κ3) is 4.68. The molecule has 106 valence electrons. The van der Waals surface area contributed by atoms with Gasteiger partial charge in [-0.25, -0.2) is 4.39 Å². The average molecular weight is 358 g/mol. The molecule has 2 aromatic rings. The highest BCUT2D eigenvalue weighted by atomic mass is 79.9. The molecule has 0 saturated heterocycles. The quantitative estimate of drug-likeness (QED) is 0.856. The van der Waals surface area contributed by atoms with Gasteiger partial charge in [0, 0.05) is 10.2 Å². The molecule has 6 heteroatoms. The second kappa shape index (κ2) is 7.50. The average Bonchev–Trinajstić information content (AvgIpc) is 2.92.